The van der Waals surface area contributed by atoms with Crippen molar-refractivity contribution in [1.82, 2.24) is 10.4 Å². The zero-order valence-electron chi connectivity index (χ0n) is 12.0. The number of aryl methyl sites for hydroxylation is 2. The number of rotatable bonds is 4. The van der Waals surface area contributed by atoms with Crippen molar-refractivity contribution >= 4 is 11.3 Å². The lowest BCUT2D eigenvalue weighted by atomic mass is 9.80. The van der Waals surface area contributed by atoms with Gasteiger partial charge >= 0.3 is 0 Å². The second-order valence-electron chi connectivity index (χ2n) is 5.58. The fourth-order valence-corrected chi connectivity index (χ4v) is 3.86. The van der Waals surface area contributed by atoms with Gasteiger partial charge in [-0.2, -0.15) is 0 Å². The fraction of sp³-hybridized carbons (Fsp3) is 0.438. The Morgan fingerprint density at radius 1 is 1.25 bits per heavy atom. The Morgan fingerprint density at radius 2 is 1.95 bits per heavy atom. The second-order valence-corrected chi connectivity index (χ2v) is 6.81. The van der Waals surface area contributed by atoms with E-state index in [1.807, 2.05) is 13.8 Å². The quantitative estimate of drug-likeness (QED) is 0.667. The van der Waals surface area contributed by atoms with Crippen LogP contribution in [-0.2, 0) is 0 Å². The first-order valence-electron chi connectivity index (χ1n) is 7.19. The molecule has 1 fully saturated rings. The van der Waals surface area contributed by atoms with Crippen molar-refractivity contribution in [3.05, 3.63) is 51.0 Å². The molecule has 1 atom stereocenters. The van der Waals surface area contributed by atoms with Gasteiger partial charge in [0.25, 0.3) is 0 Å². The third kappa shape index (κ3) is 2.51. The third-order valence-electron chi connectivity index (χ3n) is 4.21. The van der Waals surface area contributed by atoms with E-state index < -0.39 is 0 Å². The molecule has 0 amide bonds. The lowest BCUT2D eigenvalue weighted by Gasteiger charge is -2.26. The summed E-state index contributed by atoms with van der Waals surface area (Å²) in [6, 6.07) is 8.95. The fourth-order valence-electron chi connectivity index (χ4n) is 2.84. The van der Waals surface area contributed by atoms with E-state index in [0.29, 0.717) is 0 Å². The molecule has 4 heteroatoms. The summed E-state index contributed by atoms with van der Waals surface area (Å²) in [6.07, 6.45) is 4.05. The maximum absolute atomic E-state index is 5.78. The van der Waals surface area contributed by atoms with Crippen molar-refractivity contribution in [3.63, 3.8) is 0 Å². The lowest BCUT2D eigenvalue weighted by molar-refractivity contribution is 0.419. The van der Waals surface area contributed by atoms with Crippen molar-refractivity contribution in [1.29, 1.82) is 0 Å². The number of nitrogens with zero attached hydrogens (tertiary/aromatic N) is 1. The molecule has 3 nitrogen and oxygen atoms in total. The molecule has 0 spiro atoms. The average molecular weight is 287 g/mol. The van der Waals surface area contributed by atoms with Crippen LogP contribution >= 0.6 is 11.3 Å². The van der Waals surface area contributed by atoms with Crippen molar-refractivity contribution < 1.29 is 0 Å². The van der Waals surface area contributed by atoms with Crippen molar-refractivity contribution in [3.8, 4) is 0 Å². The summed E-state index contributed by atoms with van der Waals surface area (Å²) in [7, 11) is 0. The van der Waals surface area contributed by atoms with Crippen LogP contribution in [0.1, 0.15) is 57.9 Å². The second kappa shape index (κ2) is 5.64. The van der Waals surface area contributed by atoms with E-state index >= 15 is 0 Å². The van der Waals surface area contributed by atoms with E-state index in [9.17, 15) is 0 Å². The van der Waals surface area contributed by atoms with Gasteiger partial charge in [0.2, 0.25) is 0 Å². The topological polar surface area (TPSA) is 50.9 Å². The standard InChI is InChI=1S/C16H21N3S/c1-10-16(20-11(2)18-10)15(19-17)14-8-6-13(7-9-14)12-4-3-5-12/h6-9,12,15,19H,3-5,17H2,1-2H3. The Labute approximate surface area is 124 Å². The van der Waals surface area contributed by atoms with Gasteiger partial charge in [-0.05, 0) is 43.7 Å². The molecule has 1 aromatic heterocycles. The highest BCUT2D eigenvalue weighted by Gasteiger charge is 2.21. The molecule has 20 heavy (non-hydrogen) atoms. The van der Waals surface area contributed by atoms with Crippen LogP contribution in [0.15, 0.2) is 24.3 Å². The summed E-state index contributed by atoms with van der Waals surface area (Å²) < 4.78 is 0. The van der Waals surface area contributed by atoms with Gasteiger partial charge in [-0.15, -0.1) is 11.3 Å². The molecular weight excluding hydrogens is 266 g/mol. The highest BCUT2D eigenvalue weighted by Crippen LogP contribution is 2.37. The van der Waals surface area contributed by atoms with E-state index in [1.54, 1.807) is 11.3 Å². The highest BCUT2D eigenvalue weighted by molar-refractivity contribution is 7.11. The Hall–Kier alpha value is -1.23. The normalized spacial score (nSPS) is 16.9. The molecule has 1 heterocycles. The highest BCUT2D eigenvalue weighted by atomic mass is 32.1. The summed E-state index contributed by atoms with van der Waals surface area (Å²) in [6.45, 7) is 4.08. The minimum atomic E-state index is 0.0386. The first-order valence-corrected chi connectivity index (χ1v) is 8.00. The molecular formula is C16H21N3S. The summed E-state index contributed by atoms with van der Waals surface area (Å²) in [5.74, 6) is 6.56. The van der Waals surface area contributed by atoms with Gasteiger partial charge in [0.15, 0.2) is 0 Å². The number of aromatic nitrogens is 1. The van der Waals surface area contributed by atoms with Crippen LogP contribution in [0.25, 0.3) is 0 Å². The molecule has 0 radical (unpaired) electrons. The molecule has 1 unspecified atom stereocenters. The van der Waals surface area contributed by atoms with Crippen molar-refractivity contribution in [2.75, 3.05) is 0 Å². The van der Waals surface area contributed by atoms with E-state index in [1.165, 1.54) is 35.3 Å². The predicted octanol–water partition coefficient (Wildman–Crippen LogP) is 3.58. The van der Waals surface area contributed by atoms with Crippen LogP contribution in [-0.4, -0.2) is 4.98 Å². The van der Waals surface area contributed by atoms with Crippen molar-refractivity contribution in [2.24, 2.45) is 5.84 Å². The Morgan fingerprint density at radius 3 is 2.40 bits per heavy atom. The van der Waals surface area contributed by atoms with E-state index in [-0.39, 0.29) is 6.04 Å². The summed E-state index contributed by atoms with van der Waals surface area (Å²) in [4.78, 5) is 5.71. The van der Waals surface area contributed by atoms with Gasteiger partial charge in [-0.1, -0.05) is 30.7 Å². The first kappa shape index (κ1) is 13.7. The van der Waals surface area contributed by atoms with Crippen LogP contribution in [0.3, 0.4) is 0 Å². The predicted molar refractivity (Wildman–Crippen MR) is 83.8 cm³/mol. The molecule has 3 N–H and O–H groups in total. The minimum Gasteiger partial charge on any atom is -0.271 e. The molecule has 1 saturated carbocycles. The SMILES string of the molecule is Cc1nc(C)c(C(NN)c2ccc(C3CCC3)cc2)s1. The van der Waals surface area contributed by atoms with Crippen LogP contribution in [0, 0.1) is 13.8 Å². The van der Waals surface area contributed by atoms with Crippen LogP contribution in [0.5, 0.6) is 0 Å². The number of nitrogens with one attached hydrogen (secondary N) is 1. The Balaban J connectivity index is 1.87. The maximum Gasteiger partial charge on any atom is 0.0900 e. The van der Waals surface area contributed by atoms with Crippen LogP contribution in [0.4, 0.5) is 0 Å². The summed E-state index contributed by atoms with van der Waals surface area (Å²) in [5, 5.41) is 1.09. The van der Waals surface area contributed by atoms with Crippen molar-refractivity contribution in [2.45, 2.75) is 45.1 Å². The smallest absolute Gasteiger partial charge is 0.0900 e. The zero-order chi connectivity index (χ0) is 14.1. The molecule has 0 aliphatic heterocycles. The van der Waals surface area contributed by atoms with Crippen LogP contribution < -0.4 is 11.3 Å². The number of hydrogen-bond donors (Lipinski definition) is 2. The van der Waals surface area contributed by atoms with Gasteiger partial charge < -0.3 is 0 Å². The first-order chi connectivity index (χ1) is 9.69. The lowest BCUT2D eigenvalue weighted by Crippen LogP contribution is -2.28. The zero-order valence-corrected chi connectivity index (χ0v) is 12.8. The Bertz CT molecular complexity index is 584. The van der Waals surface area contributed by atoms with Gasteiger partial charge in [0.05, 0.1) is 21.6 Å². The molecule has 3 rings (SSSR count). The number of nitrogens with two attached hydrogens (primary N) is 1. The van der Waals surface area contributed by atoms with E-state index in [4.69, 9.17) is 5.84 Å². The number of hydrazine groups is 1. The molecule has 1 aliphatic rings. The summed E-state index contributed by atoms with van der Waals surface area (Å²) >= 11 is 1.71. The molecule has 106 valence electrons. The van der Waals surface area contributed by atoms with E-state index in [2.05, 4.69) is 34.7 Å². The average Bonchev–Trinajstić information content (AvgIpc) is 2.70. The van der Waals surface area contributed by atoms with Gasteiger partial charge in [-0.25, -0.2) is 10.4 Å². The number of hydrogen-bond acceptors (Lipinski definition) is 4. The molecule has 0 saturated heterocycles. The van der Waals surface area contributed by atoms with Gasteiger partial charge in [0.1, 0.15) is 0 Å². The third-order valence-corrected chi connectivity index (χ3v) is 5.35. The molecule has 1 aromatic carbocycles. The number of thiazole rings is 1. The molecule has 2 aromatic rings. The largest absolute Gasteiger partial charge is 0.271 e. The molecule has 1 aliphatic carbocycles. The molecule has 0 bridgehead atoms. The Kier molecular flexibility index (Phi) is 3.87. The van der Waals surface area contributed by atoms with Crippen LogP contribution in [0.2, 0.25) is 0 Å². The minimum absolute atomic E-state index is 0.0386. The maximum atomic E-state index is 5.78. The summed E-state index contributed by atoms with van der Waals surface area (Å²) in [5.41, 5.74) is 6.68. The van der Waals surface area contributed by atoms with Gasteiger partial charge in [0, 0.05) is 0 Å². The van der Waals surface area contributed by atoms with Gasteiger partial charge in [-0.3, -0.25) is 5.84 Å². The number of benzene rings is 1. The van der Waals surface area contributed by atoms with E-state index in [0.717, 1.165) is 16.6 Å². The monoisotopic (exact) mass is 287 g/mol.